The summed E-state index contributed by atoms with van der Waals surface area (Å²) in [5, 5.41) is 2.22. The highest BCUT2D eigenvalue weighted by atomic mass is 35.5. The van der Waals surface area contributed by atoms with E-state index in [1.807, 2.05) is 6.92 Å². The molecule has 1 aliphatic carbocycles. The molecule has 114 valence electrons. The van der Waals surface area contributed by atoms with Gasteiger partial charge in [0.2, 0.25) is 5.29 Å². The predicted octanol–water partition coefficient (Wildman–Crippen LogP) is 1.92. The first-order valence-corrected chi connectivity index (χ1v) is 7.53. The molecule has 0 aromatic carbocycles. The Morgan fingerprint density at radius 3 is 2.62 bits per heavy atom. The summed E-state index contributed by atoms with van der Waals surface area (Å²) in [5.74, 6) is -2.09. The van der Waals surface area contributed by atoms with Crippen molar-refractivity contribution in [2.75, 3.05) is 13.1 Å². The van der Waals surface area contributed by atoms with Crippen LogP contribution < -0.4 is 5.43 Å². The summed E-state index contributed by atoms with van der Waals surface area (Å²) in [6.07, 6.45) is 3.20. The summed E-state index contributed by atoms with van der Waals surface area (Å²) < 4.78 is 26.3. The van der Waals surface area contributed by atoms with Crippen LogP contribution in [-0.4, -0.2) is 52.3 Å². The van der Waals surface area contributed by atoms with Gasteiger partial charge in [0.15, 0.2) is 6.17 Å². The number of halogens is 3. The maximum atomic E-state index is 13.1. The fourth-order valence-corrected chi connectivity index (χ4v) is 3.37. The van der Waals surface area contributed by atoms with E-state index in [0.29, 0.717) is 11.9 Å². The lowest BCUT2D eigenvalue weighted by Crippen LogP contribution is -2.60. The average molecular weight is 316 g/mol. The first kappa shape index (κ1) is 13.5. The first-order chi connectivity index (χ1) is 9.94. The van der Waals surface area contributed by atoms with Gasteiger partial charge < -0.3 is 10.3 Å². The molecule has 5 nitrogen and oxygen atoms in total. The fraction of sp³-hybridized carbons (Fsp3) is 0.692. The molecule has 21 heavy (non-hydrogen) atoms. The van der Waals surface area contributed by atoms with Crippen molar-refractivity contribution in [2.45, 2.75) is 44.3 Å². The maximum Gasteiger partial charge on any atom is 0.282 e. The molecule has 4 rings (SSSR count). The molecule has 0 bridgehead atoms. The quantitative estimate of drug-likeness (QED) is 0.752. The Morgan fingerprint density at radius 1 is 1.33 bits per heavy atom. The molecule has 4 aliphatic rings. The van der Waals surface area contributed by atoms with Crippen molar-refractivity contribution < 1.29 is 8.78 Å². The summed E-state index contributed by atoms with van der Waals surface area (Å²) in [7, 11) is 0. The number of rotatable bonds is 1. The van der Waals surface area contributed by atoms with E-state index >= 15 is 0 Å². The minimum Gasteiger partial charge on any atom is -0.344 e. The highest BCUT2D eigenvalue weighted by molar-refractivity contribution is 6.66. The fourth-order valence-electron chi connectivity index (χ4n) is 3.19. The molecular formula is C13H16ClF2N5. The zero-order valence-corrected chi connectivity index (χ0v) is 12.4. The van der Waals surface area contributed by atoms with Crippen molar-refractivity contribution in [1.29, 1.82) is 0 Å². The van der Waals surface area contributed by atoms with Gasteiger partial charge >= 0.3 is 0 Å². The minimum absolute atomic E-state index is 0.134. The molecule has 0 aromatic heterocycles. The number of amidine groups is 2. The molecule has 1 N–H and O–H groups in total. The van der Waals surface area contributed by atoms with E-state index in [-0.39, 0.29) is 24.6 Å². The van der Waals surface area contributed by atoms with Crippen LogP contribution in [0.15, 0.2) is 21.3 Å². The van der Waals surface area contributed by atoms with E-state index in [2.05, 4.69) is 20.4 Å². The van der Waals surface area contributed by atoms with Gasteiger partial charge in [0, 0.05) is 11.7 Å². The second-order valence-electron chi connectivity index (χ2n) is 6.06. The Bertz CT molecular complexity index is 573. The third kappa shape index (κ3) is 2.05. The van der Waals surface area contributed by atoms with Crippen LogP contribution in [0, 0.1) is 0 Å². The summed E-state index contributed by atoms with van der Waals surface area (Å²) in [5.41, 5.74) is 5.13. The van der Waals surface area contributed by atoms with Gasteiger partial charge in [-0.2, -0.15) is 5.01 Å². The topological polar surface area (TPSA) is 43.2 Å². The van der Waals surface area contributed by atoms with Crippen molar-refractivity contribution in [3.05, 3.63) is 11.3 Å². The molecule has 1 saturated carbocycles. The van der Waals surface area contributed by atoms with Crippen LogP contribution in [0.4, 0.5) is 8.78 Å². The third-order valence-electron chi connectivity index (χ3n) is 4.50. The number of hydrogen-bond acceptors (Lipinski definition) is 5. The van der Waals surface area contributed by atoms with E-state index in [1.165, 1.54) is 6.42 Å². The highest BCUT2D eigenvalue weighted by Crippen LogP contribution is 2.37. The summed E-state index contributed by atoms with van der Waals surface area (Å²) in [4.78, 5) is 10.2. The summed E-state index contributed by atoms with van der Waals surface area (Å²) in [6, 6.07) is 0.424. The molecule has 1 unspecified atom stereocenters. The Labute approximate surface area is 126 Å². The monoisotopic (exact) mass is 315 g/mol. The molecule has 2 fully saturated rings. The Morgan fingerprint density at radius 2 is 2.05 bits per heavy atom. The van der Waals surface area contributed by atoms with Gasteiger partial charge in [-0.25, -0.2) is 18.8 Å². The normalized spacial score (nSPS) is 32.0. The van der Waals surface area contributed by atoms with Crippen molar-refractivity contribution in [3.8, 4) is 0 Å². The first-order valence-electron chi connectivity index (χ1n) is 7.15. The van der Waals surface area contributed by atoms with Gasteiger partial charge in [-0.3, -0.25) is 0 Å². The summed E-state index contributed by atoms with van der Waals surface area (Å²) in [6.45, 7) is 1.33. The largest absolute Gasteiger partial charge is 0.344 e. The lowest BCUT2D eigenvalue weighted by atomic mass is 9.92. The van der Waals surface area contributed by atoms with E-state index in [0.717, 1.165) is 24.1 Å². The second kappa shape index (κ2) is 4.39. The number of fused-ring (bicyclic) bond motifs is 1. The van der Waals surface area contributed by atoms with Crippen LogP contribution in [0.5, 0.6) is 0 Å². The van der Waals surface area contributed by atoms with Crippen LogP contribution in [0.25, 0.3) is 0 Å². The molecule has 0 aromatic rings. The number of aliphatic imine (C=N–C) groups is 2. The van der Waals surface area contributed by atoms with Crippen molar-refractivity contribution in [1.82, 2.24) is 15.3 Å². The number of likely N-dealkylation sites (tertiary alicyclic amines) is 1. The molecule has 0 spiro atoms. The Hall–Kier alpha value is -1.21. The predicted molar refractivity (Wildman–Crippen MR) is 76.3 cm³/mol. The Balaban J connectivity index is 1.63. The molecule has 1 atom stereocenters. The lowest BCUT2D eigenvalue weighted by molar-refractivity contribution is -0.101. The molecular weight excluding hydrogens is 300 g/mol. The van der Waals surface area contributed by atoms with Crippen LogP contribution in [0.1, 0.15) is 26.2 Å². The highest BCUT2D eigenvalue weighted by Gasteiger charge is 2.50. The van der Waals surface area contributed by atoms with Crippen LogP contribution in [0.3, 0.4) is 0 Å². The van der Waals surface area contributed by atoms with Crippen molar-refractivity contribution in [2.24, 2.45) is 9.98 Å². The lowest BCUT2D eigenvalue weighted by Gasteiger charge is -2.43. The molecule has 1 saturated heterocycles. The van der Waals surface area contributed by atoms with Gasteiger partial charge in [0.05, 0.1) is 18.7 Å². The smallest absolute Gasteiger partial charge is 0.282 e. The van der Waals surface area contributed by atoms with Crippen molar-refractivity contribution in [3.63, 3.8) is 0 Å². The molecule has 0 radical (unpaired) electrons. The number of nitrogens with one attached hydrogen (secondary N) is 1. The zero-order chi connectivity index (χ0) is 14.8. The van der Waals surface area contributed by atoms with Crippen LogP contribution in [0.2, 0.25) is 0 Å². The number of nitrogens with zero attached hydrogens (tertiary/aromatic N) is 4. The average Bonchev–Trinajstić information content (AvgIpc) is 2.60. The van der Waals surface area contributed by atoms with Gasteiger partial charge in [0.25, 0.3) is 5.92 Å². The van der Waals surface area contributed by atoms with Crippen LogP contribution >= 0.6 is 11.6 Å². The number of allylic oxidation sites excluding steroid dienone is 1. The van der Waals surface area contributed by atoms with E-state index in [4.69, 9.17) is 11.6 Å². The van der Waals surface area contributed by atoms with Gasteiger partial charge in [-0.1, -0.05) is 6.42 Å². The van der Waals surface area contributed by atoms with E-state index in [1.54, 1.807) is 4.90 Å². The standard InChI is InChI=1S/C13H16ClF2N5/c1-7-9-10(20-5-13(15,16)6-20)17-12(14)18-11(9)21(19-7)8-3-2-4-8/h8,11,19H,2-6H2,1H3. The minimum atomic E-state index is -2.63. The molecule has 0 amide bonds. The maximum absolute atomic E-state index is 13.1. The summed E-state index contributed by atoms with van der Waals surface area (Å²) >= 11 is 6.02. The second-order valence-corrected chi connectivity index (χ2v) is 6.40. The van der Waals surface area contributed by atoms with E-state index < -0.39 is 5.92 Å². The molecule has 3 heterocycles. The van der Waals surface area contributed by atoms with Gasteiger partial charge in [0.1, 0.15) is 5.84 Å². The molecule has 8 heteroatoms. The Kier molecular flexibility index (Phi) is 2.81. The van der Waals surface area contributed by atoms with E-state index in [9.17, 15) is 8.78 Å². The SMILES string of the molecule is CC1=C2C(N3CC(F)(F)C3)=NC(Cl)=NC2N(C2CCC2)N1. The van der Waals surface area contributed by atoms with Crippen LogP contribution in [-0.2, 0) is 0 Å². The van der Waals surface area contributed by atoms with Gasteiger partial charge in [-0.15, -0.1) is 0 Å². The third-order valence-corrected chi connectivity index (χ3v) is 4.68. The van der Waals surface area contributed by atoms with Gasteiger partial charge in [-0.05, 0) is 31.4 Å². The number of alkyl halides is 2. The zero-order valence-electron chi connectivity index (χ0n) is 11.6. The number of hydrazine groups is 1. The van der Waals surface area contributed by atoms with Crippen molar-refractivity contribution >= 4 is 22.7 Å². The molecule has 3 aliphatic heterocycles. The number of hydrogen-bond donors (Lipinski definition) is 1.